The second kappa shape index (κ2) is 10.5. The normalized spacial score (nSPS) is 18.2. The van der Waals surface area contributed by atoms with Crippen molar-refractivity contribution >= 4 is 29.2 Å². The summed E-state index contributed by atoms with van der Waals surface area (Å²) in [6.45, 7) is -0.512. The molecule has 0 saturated carbocycles. The molecule has 9 nitrogen and oxygen atoms in total. The standard InChI is InChI=1S/C28H25N3O6/c1-35-20-13-11-19(12-14-20)23-15-22(18-7-3-2-4-8-18)30-31(23)26(32)17-36-27(33)16-25-28(34)29-21-9-5-6-10-24(21)37-25/h2-14,23,25H,15-17H2,1H3,(H,29,34)/t23-,25-/m0/s1. The predicted octanol–water partition coefficient (Wildman–Crippen LogP) is 3.71. The van der Waals surface area contributed by atoms with Crippen LogP contribution in [0.1, 0.15) is 30.0 Å². The van der Waals surface area contributed by atoms with E-state index in [4.69, 9.17) is 14.2 Å². The first kappa shape index (κ1) is 24.1. The van der Waals surface area contributed by atoms with E-state index in [1.54, 1.807) is 31.4 Å². The van der Waals surface area contributed by atoms with Gasteiger partial charge in [-0.1, -0.05) is 54.6 Å². The van der Waals surface area contributed by atoms with Crippen LogP contribution in [-0.4, -0.2) is 48.3 Å². The Kier molecular flexibility index (Phi) is 6.85. The number of esters is 1. The molecule has 1 N–H and O–H groups in total. The molecule has 0 saturated heterocycles. The third kappa shape index (κ3) is 5.30. The van der Waals surface area contributed by atoms with Crippen LogP contribution in [0.25, 0.3) is 0 Å². The lowest BCUT2D eigenvalue weighted by atomic mass is 9.98. The number of hydrogen-bond donors (Lipinski definition) is 1. The number of nitrogens with one attached hydrogen (secondary N) is 1. The molecule has 2 amide bonds. The molecule has 0 spiro atoms. The van der Waals surface area contributed by atoms with Gasteiger partial charge >= 0.3 is 5.97 Å². The molecule has 2 heterocycles. The molecule has 5 rings (SSSR count). The van der Waals surface area contributed by atoms with Crippen LogP contribution in [0, 0.1) is 0 Å². The van der Waals surface area contributed by atoms with Crippen molar-refractivity contribution in [1.29, 1.82) is 0 Å². The van der Waals surface area contributed by atoms with Crippen LogP contribution < -0.4 is 14.8 Å². The molecule has 2 aliphatic heterocycles. The van der Waals surface area contributed by atoms with Gasteiger partial charge in [-0.25, -0.2) is 5.01 Å². The van der Waals surface area contributed by atoms with E-state index < -0.39 is 30.5 Å². The average molecular weight is 500 g/mol. The van der Waals surface area contributed by atoms with Crippen LogP contribution in [0.4, 0.5) is 5.69 Å². The topological polar surface area (TPSA) is 107 Å². The zero-order valence-electron chi connectivity index (χ0n) is 20.1. The number of ether oxygens (including phenoxy) is 3. The van der Waals surface area contributed by atoms with Crippen molar-refractivity contribution in [3.8, 4) is 11.5 Å². The van der Waals surface area contributed by atoms with Crippen molar-refractivity contribution in [3.05, 3.63) is 90.0 Å². The lowest BCUT2D eigenvalue weighted by molar-refractivity contribution is -0.155. The SMILES string of the molecule is COc1ccc([C@@H]2CC(c3ccccc3)=NN2C(=O)COC(=O)C[C@@H]2Oc3ccccc3NC2=O)cc1. The Morgan fingerprint density at radius 3 is 2.51 bits per heavy atom. The Morgan fingerprint density at radius 2 is 1.76 bits per heavy atom. The maximum Gasteiger partial charge on any atom is 0.310 e. The van der Waals surface area contributed by atoms with E-state index in [2.05, 4.69) is 10.4 Å². The molecule has 3 aromatic carbocycles. The summed E-state index contributed by atoms with van der Waals surface area (Å²) < 4.78 is 16.1. The van der Waals surface area contributed by atoms with Gasteiger partial charge in [-0.2, -0.15) is 5.10 Å². The molecule has 0 fully saturated rings. The molecule has 9 heteroatoms. The van der Waals surface area contributed by atoms with Crippen LogP contribution in [0.5, 0.6) is 11.5 Å². The number of para-hydroxylation sites is 2. The molecule has 0 aliphatic carbocycles. The summed E-state index contributed by atoms with van der Waals surface area (Å²) in [6.07, 6.45) is -0.863. The molecule has 37 heavy (non-hydrogen) atoms. The van der Waals surface area contributed by atoms with Crippen molar-refractivity contribution in [3.63, 3.8) is 0 Å². The van der Waals surface area contributed by atoms with Crippen molar-refractivity contribution < 1.29 is 28.6 Å². The highest BCUT2D eigenvalue weighted by atomic mass is 16.5. The van der Waals surface area contributed by atoms with Crippen LogP contribution >= 0.6 is 0 Å². The van der Waals surface area contributed by atoms with E-state index in [-0.39, 0.29) is 12.5 Å². The first-order valence-corrected chi connectivity index (χ1v) is 11.8. The van der Waals surface area contributed by atoms with Gasteiger partial charge in [0.1, 0.15) is 11.5 Å². The highest BCUT2D eigenvalue weighted by Gasteiger charge is 2.34. The minimum atomic E-state index is -1.04. The van der Waals surface area contributed by atoms with Crippen molar-refractivity contribution in [2.24, 2.45) is 5.10 Å². The third-order valence-electron chi connectivity index (χ3n) is 6.19. The summed E-state index contributed by atoms with van der Waals surface area (Å²) in [4.78, 5) is 38.0. The van der Waals surface area contributed by atoms with Crippen LogP contribution in [0.3, 0.4) is 0 Å². The fraction of sp³-hybridized carbons (Fsp3) is 0.214. The fourth-order valence-electron chi connectivity index (χ4n) is 4.28. The van der Waals surface area contributed by atoms with E-state index in [0.717, 1.165) is 16.8 Å². The quantitative estimate of drug-likeness (QED) is 0.497. The smallest absolute Gasteiger partial charge is 0.310 e. The Morgan fingerprint density at radius 1 is 1.03 bits per heavy atom. The van der Waals surface area contributed by atoms with Crippen molar-refractivity contribution in [2.75, 3.05) is 19.0 Å². The highest BCUT2D eigenvalue weighted by Crippen LogP contribution is 2.34. The summed E-state index contributed by atoms with van der Waals surface area (Å²) in [5, 5.41) is 8.64. The Bertz CT molecular complexity index is 1340. The summed E-state index contributed by atoms with van der Waals surface area (Å²) in [5.41, 5.74) is 3.08. The number of hydrazone groups is 1. The third-order valence-corrected chi connectivity index (χ3v) is 6.19. The number of carbonyl (C=O) groups excluding carboxylic acids is 3. The molecular weight excluding hydrogens is 474 g/mol. The maximum atomic E-state index is 13.2. The summed E-state index contributed by atoms with van der Waals surface area (Å²) >= 11 is 0. The number of fused-ring (bicyclic) bond motifs is 1. The van der Waals surface area contributed by atoms with Gasteiger partial charge in [-0.05, 0) is 35.4 Å². The number of rotatable bonds is 7. The largest absolute Gasteiger partial charge is 0.497 e. The summed E-state index contributed by atoms with van der Waals surface area (Å²) in [7, 11) is 1.59. The Labute approximate surface area is 213 Å². The molecule has 2 aliphatic rings. The lowest BCUT2D eigenvalue weighted by Gasteiger charge is -2.25. The van der Waals surface area contributed by atoms with Crippen LogP contribution in [0.15, 0.2) is 84.0 Å². The molecule has 188 valence electrons. The van der Waals surface area contributed by atoms with Gasteiger partial charge in [-0.3, -0.25) is 14.4 Å². The van der Waals surface area contributed by atoms with Crippen molar-refractivity contribution in [1.82, 2.24) is 5.01 Å². The van der Waals surface area contributed by atoms with E-state index in [1.807, 2.05) is 54.6 Å². The first-order chi connectivity index (χ1) is 18.0. The zero-order chi connectivity index (χ0) is 25.8. The predicted molar refractivity (Wildman–Crippen MR) is 135 cm³/mol. The zero-order valence-corrected chi connectivity index (χ0v) is 20.1. The number of methoxy groups -OCH3 is 1. The second-order valence-corrected chi connectivity index (χ2v) is 8.60. The Hall–Kier alpha value is -4.66. The Balaban J connectivity index is 1.26. The van der Waals surface area contributed by atoms with Crippen molar-refractivity contribution in [2.45, 2.75) is 25.0 Å². The number of nitrogens with zero attached hydrogens (tertiary/aromatic N) is 2. The van der Waals surface area contributed by atoms with Gasteiger partial charge in [-0.15, -0.1) is 0 Å². The van der Waals surface area contributed by atoms with Gasteiger partial charge < -0.3 is 19.5 Å². The monoisotopic (exact) mass is 499 g/mol. The van der Waals surface area contributed by atoms with Crippen LogP contribution in [0.2, 0.25) is 0 Å². The number of amides is 2. The van der Waals surface area contributed by atoms with Crippen LogP contribution in [-0.2, 0) is 19.1 Å². The number of hydrogen-bond acceptors (Lipinski definition) is 7. The van der Waals surface area contributed by atoms with Gasteiger partial charge in [0, 0.05) is 6.42 Å². The number of anilines is 1. The van der Waals surface area contributed by atoms with E-state index >= 15 is 0 Å². The molecule has 0 radical (unpaired) electrons. The molecule has 0 aromatic heterocycles. The molecule has 2 atom stereocenters. The lowest BCUT2D eigenvalue weighted by Crippen LogP contribution is -2.39. The maximum absolute atomic E-state index is 13.2. The van der Waals surface area contributed by atoms with E-state index in [9.17, 15) is 14.4 Å². The van der Waals surface area contributed by atoms with Gasteiger partial charge in [0.15, 0.2) is 12.7 Å². The van der Waals surface area contributed by atoms with Gasteiger partial charge in [0.2, 0.25) is 0 Å². The minimum absolute atomic E-state index is 0.326. The summed E-state index contributed by atoms with van der Waals surface area (Å²) in [6, 6.07) is 23.6. The first-order valence-electron chi connectivity index (χ1n) is 11.8. The fourth-order valence-corrected chi connectivity index (χ4v) is 4.28. The van der Waals surface area contributed by atoms with E-state index in [0.29, 0.717) is 23.6 Å². The van der Waals surface area contributed by atoms with Gasteiger partial charge in [0.05, 0.1) is 31.0 Å². The summed E-state index contributed by atoms with van der Waals surface area (Å²) in [5.74, 6) is -0.467. The molecule has 3 aromatic rings. The molecule has 0 unspecified atom stereocenters. The molecular formula is C28H25N3O6. The second-order valence-electron chi connectivity index (χ2n) is 8.60. The minimum Gasteiger partial charge on any atom is -0.497 e. The number of carbonyl (C=O) groups is 3. The molecule has 0 bridgehead atoms. The number of benzene rings is 3. The van der Waals surface area contributed by atoms with E-state index in [1.165, 1.54) is 5.01 Å². The average Bonchev–Trinajstić information content (AvgIpc) is 3.38. The highest BCUT2D eigenvalue weighted by molar-refractivity contribution is 6.03. The van der Waals surface area contributed by atoms with Gasteiger partial charge in [0.25, 0.3) is 11.8 Å².